The maximum absolute atomic E-state index is 14.1. The molecule has 1 aliphatic carbocycles. The van der Waals surface area contributed by atoms with Gasteiger partial charge in [0.05, 0.1) is 29.4 Å². The summed E-state index contributed by atoms with van der Waals surface area (Å²) in [6.45, 7) is 20.1. The number of pyridine rings is 2. The lowest BCUT2D eigenvalue weighted by Crippen LogP contribution is -2.58. The third kappa shape index (κ3) is 8.85. The number of carbonyl (C=O) groups is 2. The molecule has 0 bridgehead atoms. The summed E-state index contributed by atoms with van der Waals surface area (Å²) in [5.41, 5.74) is 5.86. The molecule has 2 amide bonds. The molecular weight excluding hydrogens is 847 g/mol. The number of hydrogen-bond acceptors (Lipinski definition) is 12. The van der Waals surface area contributed by atoms with Gasteiger partial charge in [-0.2, -0.15) is 0 Å². The van der Waals surface area contributed by atoms with Gasteiger partial charge < -0.3 is 39.8 Å². The van der Waals surface area contributed by atoms with Crippen molar-refractivity contribution < 1.29 is 19.8 Å². The molecule has 9 rings (SSSR count). The first-order valence-electron chi connectivity index (χ1n) is 23.4. The molecule has 3 atom stereocenters. The highest BCUT2D eigenvalue weighted by Gasteiger charge is 2.38. The fourth-order valence-electron chi connectivity index (χ4n) is 10.7. The van der Waals surface area contributed by atoms with Gasteiger partial charge in [0.25, 0.3) is 11.5 Å². The number of benzene rings is 1. The quantitative estimate of drug-likeness (QED) is 0.114. The SMILES string of the molecule is C=CC(=O)Nc1cc(Nc2nc(-c3ccnc(N4CCn5c(cc6c5CC(C)(C)C6)C4=O)c3CO)cn(C)c2=O)ccc1N1CCN(C2CCN(c3cccc(C(C)(C)O)n3)[C@@H](C)C2)C[C@@H]1C. The molecule has 3 aliphatic heterocycles. The van der Waals surface area contributed by atoms with E-state index >= 15 is 0 Å². The average molecular weight is 910 g/mol. The molecule has 1 unspecified atom stereocenters. The minimum Gasteiger partial charge on any atom is -0.392 e. The van der Waals surface area contributed by atoms with Gasteiger partial charge in [-0.3, -0.25) is 24.2 Å². The van der Waals surface area contributed by atoms with Crippen LogP contribution in [0, 0.1) is 5.41 Å². The smallest absolute Gasteiger partial charge is 0.293 e. The number of fused-ring (bicyclic) bond motifs is 3. The fraction of sp³-hybridized carbons (Fsp3) is 0.451. The minimum atomic E-state index is -1.01. The molecule has 352 valence electrons. The molecule has 0 saturated carbocycles. The zero-order chi connectivity index (χ0) is 47.5. The molecule has 4 aliphatic rings. The minimum absolute atomic E-state index is 0.0447. The molecule has 16 heteroatoms. The Morgan fingerprint density at radius 1 is 0.985 bits per heavy atom. The van der Waals surface area contributed by atoms with Crippen LogP contribution in [0.15, 0.2) is 78.4 Å². The summed E-state index contributed by atoms with van der Waals surface area (Å²) in [6, 6.07) is 16.1. The number of piperidine rings is 1. The van der Waals surface area contributed by atoms with E-state index in [1.807, 2.05) is 36.4 Å². The van der Waals surface area contributed by atoms with Crippen LogP contribution < -0.4 is 30.9 Å². The third-order valence-corrected chi connectivity index (χ3v) is 14.1. The number of piperazine rings is 1. The van der Waals surface area contributed by atoms with Crippen LogP contribution in [-0.4, -0.2) is 102 Å². The highest BCUT2D eigenvalue weighted by molar-refractivity contribution is 6.06. The topological polar surface area (TPSA) is 177 Å². The molecule has 4 aromatic heterocycles. The van der Waals surface area contributed by atoms with E-state index in [0.29, 0.717) is 64.5 Å². The van der Waals surface area contributed by atoms with Crippen LogP contribution in [-0.2, 0) is 43.4 Å². The second kappa shape index (κ2) is 17.7. The van der Waals surface area contributed by atoms with Gasteiger partial charge in [0, 0.05) is 99.3 Å². The van der Waals surface area contributed by atoms with Crippen molar-refractivity contribution in [3.63, 3.8) is 0 Å². The standard InChI is InChI=1S/C51H63N11O5/c1-9-45(64)54-38-25-34(13-14-40(38)59-20-19-58(28-32(59)3)35-16-18-60(31(2)23-35)44-12-10-11-43(56-44)51(6,7)67)53-46-49(66)57(8)29-39(55-46)36-15-17-52-47(37(36)30-63)62-22-21-61-41(48(62)65)24-33-26-50(4,5)27-42(33)61/h9-15,17,24-25,29,31-32,35,63,67H,1,16,18-23,26-28,30H2,2-8H3,(H,53,55)(H,54,64)/t31-,32-,35?/m0/s1. The summed E-state index contributed by atoms with van der Waals surface area (Å²) in [5, 5.41) is 27.6. The van der Waals surface area contributed by atoms with Crippen LogP contribution in [0.1, 0.15) is 87.4 Å². The van der Waals surface area contributed by atoms with Gasteiger partial charge in [-0.25, -0.2) is 15.0 Å². The first-order chi connectivity index (χ1) is 31.9. The Kier molecular flexibility index (Phi) is 12.1. The Morgan fingerprint density at radius 3 is 2.52 bits per heavy atom. The van der Waals surface area contributed by atoms with Crippen LogP contribution in [0.3, 0.4) is 0 Å². The normalized spacial score (nSPS) is 20.7. The lowest BCUT2D eigenvalue weighted by Gasteiger charge is -2.48. The van der Waals surface area contributed by atoms with Gasteiger partial charge >= 0.3 is 0 Å². The van der Waals surface area contributed by atoms with Crippen molar-refractivity contribution >= 4 is 46.3 Å². The average Bonchev–Trinajstić information content (AvgIpc) is 3.79. The second-order valence-corrected chi connectivity index (χ2v) is 20.1. The summed E-state index contributed by atoms with van der Waals surface area (Å²) in [7, 11) is 1.64. The van der Waals surface area contributed by atoms with Crippen molar-refractivity contribution in [2.24, 2.45) is 12.5 Å². The summed E-state index contributed by atoms with van der Waals surface area (Å²) in [5.74, 6) is 0.779. The molecule has 0 spiro atoms. The summed E-state index contributed by atoms with van der Waals surface area (Å²) in [6.07, 6.45) is 8.29. The molecule has 0 radical (unpaired) electrons. The zero-order valence-corrected chi connectivity index (χ0v) is 39.7. The van der Waals surface area contributed by atoms with Crippen molar-refractivity contribution in [2.45, 2.75) is 104 Å². The predicted octanol–water partition coefficient (Wildman–Crippen LogP) is 5.98. The number of aromatic nitrogens is 5. The number of anilines is 6. The number of nitrogens with one attached hydrogen (secondary N) is 2. The van der Waals surface area contributed by atoms with Gasteiger partial charge in [0.15, 0.2) is 5.82 Å². The maximum Gasteiger partial charge on any atom is 0.293 e. The Hall–Kier alpha value is -6.36. The number of carbonyl (C=O) groups excluding carboxylic acids is 2. The first kappa shape index (κ1) is 45.8. The van der Waals surface area contributed by atoms with E-state index in [9.17, 15) is 24.6 Å². The van der Waals surface area contributed by atoms with Crippen molar-refractivity contribution in [3.05, 3.63) is 112 Å². The Balaban J connectivity index is 0.924. The van der Waals surface area contributed by atoms with Gasteiger partial charge in [0.2, 0.25) is 5.91 Å². The molecule has 2 fully saturated rings. The Labute approximate surface area is 392 Å². The molecule has 4 N–H and O–H groups in total. The number of hydrogen-bond donors (Lipinski definition) is 4. The molecule has 7 heterocycles. The van der Waals surface area contributed by atoms with E-state index in [1.165, 1.54) is 21.9 Å². The first-order valence-corrected chi connectivity index (χ1v) is 23.4. The van der Waals surface area contributed by atoms with Gasteiger partial charge in [0.1, 0.15) is 22.9 Å². The summed E-state index contributed by atoms with van der Waals surface area (Å²) < 4.78 is 3.58. The Morgan fingerprint density at radius 2 is 1.79 bits per heavy atom. The van der Waals surface area contributed by atoms with E-state index in [-0.39, 0.29) is 40.7 Å². The lowest BCUT2D eigenvalue weighted by atomic mass is 9.90. The van der Waals surface area contributed by atoms with E-state index in [1.54, 1.807) is 50.3 Å². The van der Waals surface area contributed by atoms with Crippen molar-refractivity contribution in [3.8, 4) is 11.3 Å². The van der Waals surface area contributed by atoms with Gasteiger partial charge in [-0.05, 0) is 113 Å². The summed E-state index contributed by atoms with van der Waals surface area (Å²) >= 11 is 0. The van der Waals surface area contributed by atoms with Crippen molar-refractivity contribution in [1.29, 1.82) is 0 Å². The summed E-state index contributed by atoms with van der Waals surface area (Å²) in [4.78, 5) is 63.7. The van der Waals surface area contributed by atoms with Crippen LogP contribution in [0.4, 0.5) is 34.5 Å². The lowest BCUT2D eigenvalue weighted by molar-refractivity contribution is -0.111. The fourth-order valence-corrected chi connectivity index (χ4v) is 10.7. The number of amides is 2. The number of aliphatic hydroxyl groups excluding tert-OH is 1. The van der Waals surface area contributed by atoms with Crippen molar-refractivity contribution in [2.75, 3.05) is 58.1 Å². The number of rotatable bonds is 11. The van der Waals surface area contributed by atoms with Gasteiger partial charge in [-0.1, -0.05) is 26.5 Å². The third-order valence-electron chi connectivity index (χ3n) is 14.1. The van der Waals surface area contributed by atoms with E-state index in [4.69, 9.17) is 9.97 Å². The van der Waals surface area contributed by atoms with E-state index in [0.717, 1.165) is 63.4 Å². The maximum atomic E-state index is 14.1. The van der Waals surface area contributed by atoms with Crippen molar-refractivity contribution in [1.82, 2.24) is 29.0 Å². The van der Waals surface area contributed by atoms with Crippen LogP contribution in [0.2, 0.25) is 0 Å². The van der Waals surface area contributed by atoms with Crippen LogP contribution in [0.25, 0.3) is 11.3 Å². The molecule has 67 heavy (non-hydrogen) atoms. The van der Waals surface area contributed by atoms with Gasteiger partial charge in [-0.15, -0.1) is 0 Å². The second-order valence-electron chi connectivity index (χ2n) is 20.1. The number of aliphatic hydroxyl groups is 2. The monoisotopic (exact) mass is 910 g/mol. The molecule has 16 nitrogen and oxygen atoms in total. The highest BCUT2D eigenvalue weighted by Crippen LogP contribution is 2.41. The van der Waals surface area contributed by atoms with Crippen LogP contribution in [0.5, 0.6) is 0 Å². The molecule has 1 aromatic carbocycles. The number of aryl methyl sites for hydroxylation is 1. The zero-order valence-electron chi connectivity index (χ0n) is 39.7. The predicted molar refractivity (Wildman–Crippen MR) is 262 cm³/mol. The van der Waals surface area contributed by atoms with Crippen LogP contribution >= 0.6 is 0 Å². The molecular formula is C51H63N11O5. The van der Waals surface area contributed by atoms with E-state index < -0.39 is 12.2 Å². The Bertz CT molecular complexity index is 2810. The largest absolute Gasteiger partial charge is 0.392 e. The molecule has 2 saturated heterocycles. The van der Waals surface area contributed by atoms with E-state index in [2.05, 4.69) is 69.2 Å². The molecule has 5 aromatic rings. The number of nitrogens with zero attached hydrogens (tertiary/aromatic N) is 9. The highest BCUT2D eigenvalue weighted by atomic mass is 16.3.